The lowest BCUT2D eigenvalue weighted by molar-refractivity contribution is -0.161. The van der Waals surface area contributed by atoms with Crippen molar-refractivity contribution in [3.8, 4) is 0 Å². The van der Waals surface area contributed by atoms with Gasteiger partial charge >= 0.3 is 25.7 Å². The van der Waals surface area contributed by atoms with E-state index in [1.54, 1.807) is 0 Å². The second kappa shape index (κ2) is 42.9. The SMILES string of the molecule is CC/C=C\C/C=C\C/C=C\CCCCCC(=O)OC(COC(=O)CCCCCCCCCCCCC/C=C\C/C=C\CCCCCCC)COP(=O)(O)OCC(N)C(=O)O. The Morgan fingerprint density at radius 2 is 0.933 bits per heavy atom. The molecule has 11 nitrogen and oxygen atoms in total. The molecule has 0 radical (unpaired) electrons. The van der Waals surface area contributed by atoms with Crippen LogP contribution in [0.2, 0.25) is 0 Å². The molecule has 0 fully saturated rings. The van der Waals surface area contributed by atoms with Gasteiger partial charge in [-0.05, 0) is 77.0 Å². The minimum Gasteiger partial charge on any atom is -0.480 e. The molecule has 0 saturated heterocycles. The van der Waals surface area contributed by atoms with E-state index in [4.69, 9.17) is 24.8 Å². The van der Waals surface area contributed by atoms with Crippen LogP contribution in [0, 0.1) is 0 Å². The predicted octanol–water partition coefficient (Wildman–Crippen LogP) is 12.7. The zero-order valence-corrected chi connectivity index (χ0v) is 38.4. The van der Waals surface area contributed by atoms with E-state index in [1.165, 1.54) is 89.9 Å². The van der Waals surface area contributed by atoms with Crippen LogP contribution < -0.4 is 5.73 Å². The molecule has 3 atom stereocenters. The number of rotatable bonds is 43. The first-order valence-electron chi connectivity index (χ1n) is 23.3. The number of carboxylic acids is 1. The van der Waals surface area contributed by atoms with Gasteiger partial charge < -0.3 is 25.2 Å². The topological polar surface area (TPSA) is 172 Å². The highest BCUT2D eigenvalue weighted by atomic mass is 31.2. The molecular formula is C48H84NO10P. The van der Waals surface area contributed by atoms with E-state index in [9.17, 15) is 23.8 Å². The Morgan fingerprint density at radius 1 is 0.533 bits per heavy atom. The van der Waals surface area contributed by atoms with Gasteiger partial charge in [-0.15, -0.1) is 0 Å². The van der Waals surface area contributed by atoms with Gasteiger partial charge in [-0.1, -0.05) is 164 Å². The molecule has 3 unspecified atom stereocenters. The van der Waals surface area contributed by atoms with Crippen molar-refractivity contribution in [2.45, 2.75) is 206 Å². The van der Waals surface area contributed by atoms with Crippen molar-refractivity contribution in [3.05, 3.63) is 60.8 Å². The summed E-state index contributed by atoms with van der Waals surface area (Å²) in [4.78, 5) is 46.0. The van der Waals surface area contributed by atoms with Gasteiger partial charge in [0.05, 0.1) is 13.2 Å². The van der Waals surface area contributed by atoms with Gasteiger partial charge in [-0.3, -0.25) is 23.4 Å². The van der Waals surface area contributed by atoms with Gasteiger partial charge in [0.15, 0.2) is 6.10 Å². The summed E-state index contributed by atoms with van der Waals surface area (Å²) in [7, 11) is -4.73. The van der Waals surface area contributed by atoms with Gasteiger partial charge in [0, 0.05) is 12.8 Å². The number of hydrogen-bond acceptors (Lipinski definition) is 9. The summed E-state index contributed by atoms with van der Waals surface area (Å²) in [6.45, 7) is 2.65. The van der Waals surface area contributed by atoms with Gasteiger partial charge in [-0.25, -0.2) is 4.57 Å². The first-order valence-corrected chi connectivity index (χ1v) is 24.8. The number of phosphoric acid groups is 1. The molecule has 0 spiro atoms. The van der Waals surface area contributed by atoms with Gasteiger partial charge in [-0.2, -0.15) is 0 Å². The number of hydrogen-bond donors (Lipinski definition) is 3. The fourth-order valence-corrected chi connectivity index (χ4v) is 6.89. The molecule has 60 heavy (non-hydrogen) atoms. The lowest BCUT2D eigenvalue weighted by atomic mass is 10.0. The molecule has 4 N–H and O–H groups in total. The normalized spacial score (nSPS) is 14.2. The summed E-state index contributed by atoms with van der Waals surface area (Å²) in [6.07, 6.45) is 50.1. The van der Waals surface area contributed by atoms with Crippen LogP contribution >= 0.6 is 7.82 Å². The molecule has 346 valence electrons. The number of allylic oxidation sites excluding steroid dienone is 10. The first-order chi connectivity index (χ1) is 29.1. The molecule has 0 heterocycles. The number of esters is 2. The zero-order chi connectivity index (χ0) is 44.2. The largest absolute Gasteiger partial charge is 0.480 e. The van der Waals surface area contributed by atoms with Gasteiger partial charge in [0.1, 0.15) is 12.6 Å². The van der Waals surface area contributed by atoms with E-state index in [-0.39, 0.29) is 19.4 Å². The number of carboxylic acid groups (broad SMARTS) is 1. The Bertz CT molecular complexity index is 1250. The molecule has 0 aromatic carbocycles. The van der Waals surface area contributed by atoms with E-state index in [2.05, 4.69) is 79.1 Å². The number of aliphatic carboxylic acids is 1. The average molecular weight is 866 g/mol. The summed E-state index contributed by atoms with van der Waals surface area (Å²) in [6, 6.07) is -1.53. The second-order valence-electron chi connectivity index (χ2n) is 15.5. The van der Waals surface area contributed by atoms with Crippen LogP contribution in [-0.4, -0.2) is 59.9 Å². The second-order valence-corrected chi connectivity index (χ2v) is 17.0. The highest BCUT2D eigenvalue weighted by molar-refractivity contribution is 7.47. The third-order valence-corrected chi connectivity index (χ3v) is 10.7. The van der Waals surface area contributed by atoms with Crippen molar-refractivity contribution < 1.29 is 47.5 Å². The highest BCUT2D eigenvalue weighted by Crippen LogP contribution is 2.43. The van der Waals surface area contributed by atoms with Crippen molar-refractivity contribution in [2.75, 3.05) is 19.8 Å². The van der Waals surface area contributed by atoms with Crippen LogP contribution in [0.15, 0.2) is 60.8 Å². The summed E-state index contributed by atoms with van der Waals surface area (Å²) in [5.41, 5.74) is 5.33. The Morgan fingerprint density at radius 3 is 1.42 bits per heavy atom. The van der Waals surface area contributed by atoms with E-state index in [1.807, 2.05) is 0 Å². The van der Waals surface area contributed by atoms with Crippen LogP contribution in [0.4, 0.5) is 0 Å². The van der Waals surface area contributed by atoms with Crippen LogP contribution in [0.3, 0.4) is 0 Å². The summed E-state index contributed by atoms with van der Waals surface area (Å²) < 4.78 is 32.7. The third kappa shape index (κ3) is 41.9. The fourth-order valence-electron chi connectivity index (χ4n) is 6.11. The molecule has 0 aliphatic carbocycles. The van der Waals surface area contributed by atoms with Gasteiger partial charge in [0.25, 0.3) is 0 Å². The number of carbonyl (C=O) groups is 3. The number of carbonyl (C=O) groups excluding carboxylic acids is 2. The first kappa shape index (κ1) is 57.2. The molecule has 12 heteroatoms. The fraction of sp³-hybridized carbons (Fsp3) is 0.729. The maximum absolute atomic E-state index is 12.6. The number of ether oxygens (including phenoxy) is 2. The van der Waals surface area contributed by atoms with Crippen LogP contribution in [-0.2, 0) is 37.5 Å². The maximum atomic E-state index is 12.6. The van der Waals surface area contributed by atoms with Crippen molar-refractivity contribution in [1.29, 1.82) is 0 Å². The van der Waals surface area contributed by atoms with Crippen molar-refractivity contribution in [3.63, 3.8) is 0 Å². The molecule has 0 aliphatic rings. The lowest BCUT2D eigenvalue weighted by Crippen LogP contribution is -2.34. The molecule has 0 aromatic rings. The number of phosphoric ester groups is 1. The van der Waals surface area contributed by atoms with Gasteiger partial charge in [0.2, 0.25) is 0 Å². The molecule has 0 aliphatic heterocycles. The van der Waals surface area contributed by atoms with Crippen molar-refractivity contribution in [2.24, 2.45) is 5.73 Å². The minimum absolute atomic E-state index is 0.124. The molecule has 0 bridgehead atoms. The van der Waals surface area contributed by atoms with E-state index < -0.39 is 51.1 Å². The minimum atomic E-state index is -4.73. The Kier molecular flexibility index (Phi) is 40.8. The Labute approximate surface area is 364 Å². The molecule has 0 aromatic heterocycles. The van der Waals surface area contributed by atoms with Crippen molar-refractivity contribution >= 4 is 25.7 Å². The van der Waals surface area contributed by atoms with E-state index in [0.29, 0.717) is 12.8 Å². The summed E-state index contributed by atoms with van der Waals surface area (Å²) in [5.74, 6) is -2.42. The quantitative estimate of drug-likeness (QED) is 0.0230. The Hall–Kier alpha value is -2.82. The standard InChI is InChI=1S/C48H84NO10P/c1-3-5-7-9-11-13-15-17-18-19-20-21-22-23-24-25-26-28-29-31-33-35-37-39-46(50)56-41-44(42-57-60(54,55)58-43-45(49)48(52)53)59-47(51)40-38-36-34-32-30-27-16-14-12-10-8-6-4-2/h6,8,12,14-15,17,19-20,27,30,44-45H,3-5,7,9-11,13,16,18,21-26,28-29,31-43,49H2,1-2H3,(H,52,53)(H,54,55)/b8-6-,14-12-,17-15-,20-19-,30-27-. The maximum Gasteiger partial charge on any atom is 0.472 e. The van der Waals surface area contributed by atoms with Crippen LogP contribution in [0.1, 0.15) is 194 Å². The van der Waals surface area contributed by atoms with E-state index >= 15 is 0 Å². The Balaban J connectivity index is 4.26. The smallest absolute Gasteiger partial charge is 0.472 e. The lowest BCUT2D eigenvalue weighted by Gasteiger charge is -2.20. The molecular weight excluding hydrogens is 781 g/mol. The zero-order valence-electron chi connectivity index (χ0n) is 37.5. The number of nitrogens with two attached hydrogens (primary N) is 1. The average Bonchev–Trinajstić information content (AvgIpc) is 3.22. The molecule has 0 amide bonds. The van der Waals surface area contributed by atoms with Crippen LogP contribution in [0.5, 0.6) is 0 Å². The summed E-state index contributed by atoms with van der Waals surface area (Å²) >= 11 is 0. The third-order valence-electron chi connectivity index (χ3n) is 9.75. The molecule has 0 saturated carbocycles. The number of unbranched alkanes of at least 4 members (excludes halogenated alkanes) is 19. The van der Waals surface area contributed by atoms with E-state index in [0.717, 1.165) is 64.2 Å². The molecule has 0 rings (SSSR count). The summed E-state index contributed by atoms with van der Waals surface area (Å²) in [5, 5.41) is 8.89. The highest BCUT2D eigenvalue weighted by Gasteiger charge is 2.28. The predicted molar refractivity (Wildman–Crippen MR) is 245 cm³/mol. The monoisotopic (exact) mass is 866 g/mol. The van der Waals surface area contributed by atoms with Crippen LogP contribution in [0.25, 0.3) is 0 Å². The van der Waals surface area contributed by atoms with Crippen molar-refractivity contribution in [1.82, 2.24) is 0 Å².